The number of carbonyl (C=O) groups is 3. The summed E-state index contributed by atoms with van der Waals surface area (Å²) in [4.78, 5) is 44.3. The third-order valence-corrected chi connectivity index (χ3v) is 7.32. The minimum atomic E-state index is -1.37. The summed E-state index contributed by atoms with van der Waals surface area (Å²) < 4.78 is 14.2. The van der Waals surface area contributed by atoms with E-state index in [-0.39, 0.29) is 0 Å². The number of anilines is 1. The Kier molecular flexibility index (Phi) is 6.22. The summed E-state index contributed by atoms with van der Waals surface area (Å²) in [5.74, 6) is -1.52. The fraction of sp³-hybridized carbons (Fsp3) is 0.217. The molecule has 4 amide bonds. The molecule has 2 aromatic carbocycles. The second kappa shape index (κ2) is 8.95. The molecule has 0 saturated carbocycles. The van der Waals surface area contributed by atoms with Crippen LogP contribution in [0.5, 0.6) is 0 Å². The predicted molar refractivity (Wildman–Crippen MR) is 125 cm³/mol. The third-order valence-electron chi connectivity index (χ3n) is 5.27. The number of carbonyl (C=O) groups excluding carboxylic acids is 3. The molecule has 0 spiro atoms. The standard InChI is InChI=1S/C23H21FN4O3S2/c1-13-10-17(33-22-25-14(2)12-32-22)8-9-18(13)26-19(29)11-28-20(30)23(3,27-21(28)31)15-4-6-16(24)7-5-15/h4-10,12H,11H2,1-3H3,(H,26,29)(H,27,31). The minimum absolute atomic E-state index is 0.435. The monoisotopic (exact) mass is 484 g/mol. The zero-order valence-corrected chi connectivity index (χ0v) is 19.8. The molecule has 10 heteroatoms. The molecule has 0 radical (unpaired) electrons. The first-order valence-corrected chi connectivity index (χ1v) is 11.8. The SMILES string of the molecule is Cc1csc(Sc2ccc(NC(=O)CN3C(=O)NC(C)(c4ccc(F)cc4)C3=O)c(C)c2)n1. The van der Waals surface area contributed by atoms with Crippen LogP contribution < -0.4 is 10.6 Å². The number of halogens is 1. The number of rotatable bonds is 6. The van der Waals surface area contributed by atoms with Gasteiger partial charge in [-0.25, -0.2) is 14.2 Å². The van der Waals surface area contributed by atoms with Gasteiger partial charge >= 0.3 is 6.03 Å². The fourth-order valence-electron chi connectivity index (χ4n) is 3.47. The van der Waals surface area contributed by atoms with Crippen molar-refractivity contribution in [2.24, 2.45) is 0 Å². The quantitative estimate of drug-likeness (QED) is 0.504. The summed E-state index contributed by atoms with van der Waals surface area (Å²) in [6, 6.07) is 10.2. The Bertz CT molecular complexity index is 1240. The van der Waals surface area contributed by atoms with Crippen molar-refractivity contribution in [3.63, 3.8) is 0 Å². The molecule has 3 aromatic rings. The molecule has 170 valence electrons. The summed E-state index contributed by atoms with van der Waals surface area (Å²) in [7, 11) is 0. The van der Waals surface area contributed by atoms with Crippen LogP contribution in [0.1, 0.15) is 23.7 Å². The lowest BCUT2D eigenvalue weighted by atomic mass is 9.92. The maximum Gasteiger partial charge on any atom is 0.325 e. The second-order valence-corrected chi connectivity index (χ2v) is 10.0. The Morgan fingerprint density at radius 2 is 1.94 bits per heavy atom. The molecular formula is C23H21FN4O3S2. The highest BCUT2D eigenvalue weighted by atomic mass is 32.2. The lowest BCUT2D eigenvalue weighted by Crippen LogP contribution is -2.42. The van der Waals surface area contributed by atoms with Gasteiger partial charge in [0, 0.05) is 21.7 Å². The van der Waals surface area contributed by atoms with Crippen molar-refractivity contribution in [2.75, 3.05) is 11.9 Å². The summed E-state index contributed by atoms with van der Waals surface area (Å²) in [6.07, 6.45) is 0. The predicted octanol–water partition coefficient (Wildman–Crippen LogP) is 4.46. The van der Waals surface area contributed by atoms with Gasteiger partial charge in [-0.3, -0.25) is 14.5 Å². The number of hydrogen-bond acceptors (Lipinski definition) is 6. The summed E-state index contributed by atoms with van der Waals surface area (Å²) in [5, 5.41) is 7.36. The normalized spacial score (nSPS) is 17.9. The van der Waals surface area contributed by atoms with E-state index in [9.17, 15) is 18.8 Å². The molecule has 2 heterocycles. The van der Waals surface area contributed by atoms with E-state index in [0.29, 0.717) is 11.3 Å². The van der Waals surface area contributed by atoms with Gasteiger partial charge in [-0.15, -0.1) is 11.3 Å². The van der Waals surface area contributed by atoms with Crippen LogP contribution in [0.3, 0.4) is 0 Å². The molecule has 1 saturated heterocycles. The highest BCUT2D eigenvalue weighted by Crippen LogP contribution is 2.33. The first kappa shape index (κ1) is 22.9. The summed E-state index contributed by atoms with van der Waals surface area (Å²) in [5.41, 5.74) is 1.47. The van der Waals surface area contributed by atoms with E-state index in [0.717, 1.165) is 25.4 Å². The van der Waals surface area contributed by atoms with Crippen LogP contribution in [0.4, 0.5) is 14.9 Å². The van der Waals surface area contributed by atoms with Gasteiger partial charge in [-0.05, 0) is 62.2 Å². The van der Waals surface area contributed by atoms with Crippen molar-refractivity contribution < 1.29 is 18.8 Å². The molecule has 33 heavy (non-hydrogen) atoms. The number of amides is 4. The van der Waals surface area contributed by atoms with Crippen LogP contribution in [-0.2, 0) is 15.1 Å². The van der Waals surface area contributed by atoms with E-state index in [1.165, 1.54) is 31.2 Å². The van der Waals surface area contributed by atoms with E-state index in [4.69, 9.17) is 0 Å². The van der Waals surface area contributed by atoms with Gasteiger partial charge in [0.1, 0.15) is 17.9 Å². The Hall–Kier alpha value is -3.24. The van der Waals surface area contributed by atoms with Crippen LogP contribution in [0.25, 0.3) is 0 Å². The van der Waals surface area contributed by atoms with E-state index in [2.05, 4.69) is 15.6 Å². The number of benzene rings is 2. The first-order valence-electron chi connectivity index (χ1n) is 10.1. The number of hydrogen-bond donors (Lipinski definition) is 2. The Morgan fingerprint density at radius 1 is 1.21 bits per heavy atom. The van der Waals surface area contributed by atoms with Gasteiger partial charge in [0.05, 0.1) is 0 Å². The van der Waals surface area contributed by atoms with Crippen LogP contribution in [0, 0.1) is 19.7 Å². The summed E-state index contributed by atoms with van der Waals surface area (Å²) in [6.45, 7) is 4.91. The maximum atomic E-state index is 13.3. The molecule has 1 fully saturated rings. The van der Waals surface area contributed by atoms with Crippen molar-refractivity contribution in [1.82, 2.24) is 15.2 Å². The molecule has 2 N–H and O–H groups in total. The van der Waals surface area contributed by atoms with E-state index < -0.39 is 35.7 Å². The number of thiazole rings is 1. The zero-order chi connectivity index (χ0) is 23.8. The number of aromatic nitrogens is 1. The van der Waals surface area contributed by atoms with E-state index >= 15 is 0 Å². The maximum absolute atomic E-state index is 13.3. The summed E-state index contributed by atoms with van der Waals surface area (Å²) >= 11 is 3.11. The van der Waals surface area contributed by atoms with Crippen molar-refractivity contribution >= 4 is 46.6 Å². The number of aryl methyl sites for hydroxylation is 2. The van der Waals surface area contributed by atoms with Crippen LogP contribution >= 0.6 is 23.1 Å². The number of imide groups is 1. The lowest BCUT2D eigenvalue weighted by Gasteiger charge is -2.22. The Labute approximate surface area is 198 Å². The molecule has 1 atom stereocenters. The van der Waals surface area contributed by atoms with Crippen LogP contribution in [-0.4, -0.2) is 34.3 Å². The first-order chi connectivity index (χ1) is 15.7. The van der Waals surface area contributed by atoms with Crippen LogP contribution in [0.2, 0.25) is 0 Å². The van der Waals surface area contributed by atoms with Gasteiger partial charge < -0.3 is 10.6 Å². The largest absolute Gasteiger partial charge is 0.325 e. The van der Waals surface area contributed by atoms with Crippen molar-refractivity contribution in [1.29, 1.82) is 0 Å². The van der Waals surface area contributed by atoms with Gasteiger partial charge in [-0.2, -0.15) is 0 Å². The van der Waals surface area contributed by atoms with Gasteiger partial charge in [0.25, 0.3) is 5.91 Å². The van der Waals surface area contributed by atoms with Crippen molar-refractivity contribution in [2.45, 2.75) is 35.5 Å². The third kappa shape index (κ3) is 4.76. The lowest BCUT2D eigenvalue weighted by molar-refractivity contribution is -0.133. The molecule has 1 aliphatic rings. The minimum Gasteiger partial charge on any atom is -0.324 e. The number of urea groups is 1. The highest BCUT2D eigenvalue weighted by molar-refractivity contribution is 8.01. The molecule has 0 bridgehead atoms. The average Bonchev–Trinajstić information content (AvgIpc) is 3.26. The van der Waals surface area contributed by atoms with Crippen molar-refractivity contribution in [3.05, 3.63) is 70.5 Å². The smallest absolute Gasteiger partial charge is 0.324 e. The molecule has 1 unspecified atom stereocenters. The molecule has 4 rings (SSSR count). The molecule has 7 nitrogen and oxygen atoms in total. The van der Waals surface area contributed by atoms with E-state index in [1.54, 1.807) is 29.2 Å². The number of nitrogens with zero attached hydrogens (tertiary/aromatic N) is 2. The second-order valence-electron chi connectivity index (χ2n) is 7.84. The molecule has 1 aliphatic heterocycles. The molecular weight excluding hydrogens is 463 g/mol. The average molecular weight is 485 g/mol. The van der Waals surface area contributed by atoms with E-state index in [1.807, 2.05) is 31.4 Å². The topological polar surface area (TPSA) is 91.4 Å². The molecule has 0 aliphatic carbocycles. The van der Waals surface area contributed by atoms with Gasteiger partial charge in [0.15, 0.2) is 4.34 Å². The number of nitrogens with one attached hydrogen (secondary N) is 2. The fourth-order valence-corrected chi connectivity index (χ4v) is 5.38. The zero-order valence-electron chi connectivity index (χ0n) is 18.1. The van der Waals surface area contributed by atoms with Gasteiger partial charge in [0.2, 0.25) is 5.91 Å². The Balaban J connectivity index is 1.42. The van der Waals surface area contributed by atoms with Crippen molar-refractivity contribution in [3.8, 4) is 0 Å². The van der Waals surface area contributed by atoms with Crippen LogP contribution in [0.15, 0.2) is 57.1 Å². The van der Waals surface area contributed by atoms with Gasteiger partial charge in [-0.1, -0.05) is 23.9 Å². The molecule has 1 aromatic heterocycles. The highest BCUT2D eigenvalue weighted by Gasteiger charge is 2.49. The Morgan fingerprint density at radius 3 is 2.58 bits per heavy atom.